The molecule has 1 heterocycles. The number of carbonyl (C=O) groups excluding carboxylic acids is 1. The number of hydrogen-bond donors (Lipinski definition) is 2. The molecular weight excluding hydrogens is 328 g/mol. The first-order valence-corrected chi connectivity index (χ1v) is 8.95. The maximum absolute atomic E-state index is 12.6. The van der Waals surface area contributed by atoms with E-state index in [0.717, 1.165) is 24.3 Å². The Hall–Kier alpha value is -2.53. The van der Waals surface area contributed by atoms with Crippen molar-refractivity contribution in [1.29, 1.82) is 0 Å². The highest BCUT2D eigenvalue weighted by Crippen LogP contribution is 2.35. The molecule has 138 valence electrons. The average molecular weight is 354 g/mol. The third-order valence-corrected chi connectivity index (χ3v) is 5.18. The smallest absolute Gasteiger partial charge is 0.251 e. The summed E-state index contributed by atoms with van der Waals surface area (Å²) in [5.41, 5.74) is 2.76. The van der Waals surface area contributed by atoms with Crippen molar-refractivity contribution in [3.63, 3.8) is 0 Å². The van der Waals surface area contributed by atoms with Crippen molar-refractivity contribution in [3.05, 3.63) is 59.7 Å². The predicted octanol–water partition coefficient (Wildman–Crippen LogP) is 3.22. The Bertz CT molecular complexity index is 720. The third-order valence-electron chi connectivity index (χ3n) is 5.18. The molecule has 0 saturated carbocycles. The van der Waals surface area contributed by atoms with Crippen LogP contribution in [-0.2, 0) is 10.2 Å². The first kappa shape index (κ1) is 18.3. The van der Waals surface area contributed by atoms with E-state index in [1.807, 2.05) is 43.4 Å². The van der Waals surface area contributed by atoms with Crippen LogP contribution in [0.4, 0.5) is 5.69 Å². The van der Waals surface area contributed by atoms with E-state index in [1.165, 1.54) is 5.56 Å². The number of hydrogen-bond acceptors (Lipinski definition) is 4. The molecule has 0 unspecified atom stereocenters. The SMILES string of the molecule is CNc1ccc(C(=O)NCC2(c3ccc(OC)cc3)CCOCC2)cc1. The van der Waals surface area contributed by atoms with E-state index in [0.29, 0.717) is 25.3 Å². The highest BCUT2D eigenvalue weighted by molar-refractivity contribution is 5.94. The molecule has 0 atom stereocenters. The second-order valence-electron chi connectivity index (χ2n) is 6.63. The molecule has 2 aromatic rings. The zero-order chi connectivity index (χ0) is 18.4. The van der Waals surface area contributed by atoms with Gasteiger partial charge < -0.3 is 20.1 Å². The quantitative estimate of drug-likeness (QED) is 0.836. The van der Waals surface area contributed by atoms with Gasteiger partial charge in [-0.3, -0.25) is 4.79 Å². The van der Waals surface area contributed by atoms with Gasteiger partial charge in [-0.2, -0.15) is 0 Å². The number of anilines is 1. The van der Waals surface area contributed by atoms with Crippen LogP contribution in [0, 0.1) is 0 Å². The topological polar surface area (TPSA) is 59.6 Å². The zero-order valence-corrected chi connectivity index (χ0v) is 15.4. The Morgan fingerprint density at radius 3 is 2.31 bits per heavy atom. The fraction of sp³-hybridized carbons (Fsp3) is 0.381. The van der Waals surface area contributed by atoms with Crippen molar-refractivity contribution < 1.29 is 14.3 Å². The summed E-state index contributed by atoms with van der Waals surface area (Å²) in [5, 5.41) is 6.19. The highest BCUT2D eigenvalue weighted by atomic mass is 16.5. The van der Waals surface area contributed by atoms with Gasteiger partial charge in [-0.15, -0.1) is 0 Å². The minimum atomic E-state index is -0.106. The molecule has 0 spiro atoms. The fourth-order valence-electron chi connectivity index (χ4n) is 3.41. The summed E-state index contributed by atoms with van der Waals surface area (Å²) in [4.78, 5) is 12.6. The molecule has 5 heteroatoms. The van der Waals surface area contributed by atoms with Gasteiger partial charge in [0.25, 0.3) is 5.91 Å². The van der Waals surface area contributed by atoms with Gasteiger partial charge in [0.1, 0.15) is 5.75 Å². The Morgan fingerprint density at radius 2 is 1.73 bits per heavy atom. The van der Waals surface area contributed by atoms with Crippen LogP contribution in [0.25, 0.3) is 0 Å². The number of benzene rings is 2. The first-order chi connectivity index (χ1) is 12.7. The molecule has 26 heavy (non-hydrogen) atoms. The standard InChI is InChI=1S/C21H26N2O3/c1-22-18-7-3-16(4-8-18)20(24)23-15-21(11-13-26-14-12-21)17-5-9-19(25-2)10-6-17/h3-10,22H,11-15H2,1-2H3,(H,23,24). The summed E-state index contributed by atoms with van der Waals surface area (Å²) in [6.45, 7) is 2.01. The van der Waals surface area contributed by atoms with Crippen LogP contribution >= 0.6 is 0 Å². The minimum Gasteiger partial charge on any atom is -0.497 e. The fourth-order valence-corrected chi connectivity index (χ4v) is 3.41. The van der Waals surface area contributed by atoms with Crippen molar-refractivity contribution in [2.75, 3.05) is 39.2 Å². The Labute approximate surface area is 154 Å². The molecule has 0 aromatic heterocycles. The second-order valence-corrected chi connectivity index (χ2v) is 6.63. The summed E-state index contributed by atoms with van der Waals surface area (Å²) in [6, 6.07) is 15.6. The minimum absolute atomic E-state index is 0.0490. The molecule has 1 fully saturated rings. The maximum Gasteiger partial charge on any atom is 0.251 e. The van der Waals surface area contributed by atoms with E-state index < -0.39 is 0 Å². The molecule has 5 nitrogen and oxygen atoms in total. The largest absolute Gasteiger partial charge is 0.497 e. The van der Waals surface area contributed by atoms with E-state index >= 15 is 0 Å². The van der Waals surface area contributed by atoms with E-state index in [4.69, 9.17) is 9.47 Å². The highest BCUT2D eigenvalue weighted by Gasteiger charge is 2.35. The molecule has 3 rings (SSSR count). The molecule has 0 aliphatic carbocycles. The summed E-state index contributed by atoms with van der Waals surface area (Å²) < 4.78 is 10.8. The summed E-state index contributed by atoms with van der Waals surface area (Å²) in [5.74, 6) is 0.789. The molecule has 0 bridgehead atoms. The van der Waals surface area contributed by atoms with E-state index in [-0.39, 0.29) is 11.3 Å². The van der Waals surface area contributed by atoms with Crippen LogP contribution in [0.5, 0.6) is 5.75 Å². The maximum atomic E-state index is 12.6. The van der Waals surface area contributed by atoms with Crippen LogP contribution in [0.3, 0.4) is 0 Å². The molecular formula is C21H26N2O3. The number of nitrogens with one attached hydrogen (secondary N) is 2. The van der Waals surface area contributed by atoms with Crippen LogP contribution in [0.15, 0.2) is 48.5 Å². The van der Waals surface area contributed by atoms with Crippen LogP contribution in [0.2, 0.25) is 0 Å². The molecule has 1 saturated heterocycles. The number of ether oxygens (including phenoxy) is 2. The van der Waals surface area contributed by atoms with Crippen molar-refractivity contribution in [2.24, 2.45) is 0 Å². The number of amides is 1. The van der Waals surface area contributed by atoms with E-state index in [9.17, 15) is 4.79 Å². The summed E-state index contributed by atoms with van der Waals surface area (Å²) in [6.07, 6.45) is 1.77. The lowest BCUT2D eigenvalue weighted by molar-refractivity contribution is 0.0487. The number of carbonyl (C=O) groups is 1. The Balaban J connectivity index is 1.74. The van der Waals surface area contributed by atoms with E-state index in [1.54, 1.807) is 7.11 Å². The van der Waals surface area contributed by atoms with Gasteiger partial charge in [-0.1, -0.05) is 12.1 Å². The van der Waals surface area contributed by atoms with E-state index in [2.05, 4.69) is 22.8 Å². The zero-order valence-electron chi connectivity index (χ0n) is 15.4. The second kappa shape index (κ2) is 8.23. The van der Waals surface area contributed by atoms with Crippen LogP contribution in [-0.4, -0.2) is 39.8 Å². The number of rotatable bonds is 6. The van der Waals surface area contributed by atoms with Gasteiger partial charge >= 0.3 is 0 Å². The monoisotopic (exact) mass is 354 g/mol. The molecule has 1 aliphatic rings. The van der Waals surface area contributed by atoms with Crippen LogP contribution < -0.4 is 15.4 Å². The lowest BCUT2D eigenvalue weighted by Gasteiger charge is -2.38. The average Bonchev–Trinajstić information content (AvgIpc) is 2.73. The summed E-state index contributed by atoms with van der Waals surface area (Å²) in [7, 11) is 3.53. The van der Waals surface area contributed by atoms with Gasteiger partial charge in [-0.05, 0) is 54.8 Å². The van der Waals surface area contributed by atoms with Gasteiger partial charge in [0.2, 0.25) is 0 Å². The van der Waals surface area contributed by atoms with Crippen LogP contribution in [0.1, 0.15) is 28.8 Å². The van der Waals surface area contributed by atoms with Crippen molar-refractivity contribution in [3.8, 4) is 5.75 Å². The Kier molecular flexibility index (Phi) is 5.78. The Morgan fingerprint density at radius 1 is 1.08 bits per heavy atom. The lowest BCUT2D eigenvalue weighted by atomic mass is 9.74. The van der Waals surface area contributed by atoms with Crippen molar-refractivity contribution in [2.45, 2.75) is 18.3 Å². The molecule has 2 N–H and O–H groups in total. The van der Waals surface area contributed by atoms with Gasteiger partial charge in [0.05, 0.1) is 7.11 Å². The predicted molar refractivity (Wildman–Crippen MR) is 103 cm³/mol. The van der Waals surface area contributed by atoms with Gasteiger partial charge in [-0.25, -0.2) is 0 Å². The first-order valence-electron chi connectivity index (χ1n) is 8.95. The number of methoxy groups -OCH3 is 1. The lowest BCUT2D eigenvalue weighted by Crippen LogP contribution is -2.44. The van der Waals surface area contributed by atoms with Gasteiger partial charge in [0, 0.05) is 43.5 Å². The van der Waals surface area contributed by atoms with Crippen molar-refractivity contribution in [1.82, 2.24) is 5.32 Å². The molecule has 1 aliphatic heterocycles. The van der Waals surface area contributed by atoms with Gasteiger partial charge in [0.15, 0.2) is 0 Å². The molecule has 1 amide bonds. The summed E-state index contributed by atoms with van der Waals surface area (Å²) >= 11 is 0. The van der Waals surface area contributed by atoms with Crippen molar-refractivity contribution >= 4 is 11.6 Å². The molecule has 2 aromatic carbocycles. The normalized spacial score (nSPS) is 15.9. The third kappa shape index (κ3) is 3.99. The molecule has 0 radical (unpaired) electrons.